The molecule has 3 heterocycles. The van der Waals surface area contributed by atoms with E-state index in [2.05, 4.69) is 52.0 Å². The minimum atomic E-state index is -0.444. The molecule has 130 valence electrons. The molecule has 1 atom stereocenters. The van der Waals surface area contributed by atoms with E-state index in [0.29, 0.717) is 5.92 Å². The van der Waals surface area contributed by atoms with Crippen molar-refractivity contribution < 1.29 is 5.11 Å². The lowest BCUT2D eigenvalue weighted by molar-refractivity contribution is 0.0541. The molecule has 1 aliphatic rings. The van der Waals surface area contributed by atoms with Gasteiger partial charge in [0.05, 0.1) is 11.8 Å². The maximum atomic E-state index is 10.6. The molecule has 0 bridgehead atoms. The number of fused-ring (bicyclic) bond motifs is 1. The van der Waals surface area contributed by atoms with Gasteiger partial charge in [-0.2, -0.15) is 0 Å². The van der Waals surface area contributed by atoms with Crippen LogP contribution in [0.4, 0.5) is 0 Å². The Morgan fingerprint density at radius 3 is 2.64 bits per heavy atom. The van der Waals surface area contributed by atoms with E-state index in [1.807, 2.05) is 18.2 Å². The summed E-state index contributed by atoms with van der Waals surface area (Å²) in [6.07, 6.45) is 5.60. The van der Waals surface area contributed by atoms with Crippen LogP contribution in [0.3, 0.4) is 0 Å². The number of para-hydroxylation sites is 1. The van der Waals surface area contributed by atoms with Crippen molar-refractivity contribution in [1.82, 2.24) is 14.5 Å². The molecule has 1 saturated heterocycles. The first-order chi connectivity index (χ1) is 12.2. The number of nitrogens with zero attached hydrogens (tertiary/aromatic N) is 3. The lowest BCUT2D eigenvalue weighted by Crippen LogP contribution is -2.35. The molecule has 0 aliphatic carbocycles. The number of hydrogen-bond donors (Lipinski definition) is 1. The number of pyridine rings is 1. The van der Waals surface area contributed by atoms with Gasteiger partial charge >= 0.3 is 0 Å². The third-order valence-electron chi connectivity index (χ3n) is 5.44. The van der Waals surface area contributed by atoms with Gasteiger partial charge in [0, 0.05) is 36.9 Å². The maximum absolute atomic E-state index is 10.6. The van der Waals surface area contributed by atoms with Crippen molar-refractivity contribution in [2.75, 3.05) is 13.1 Å². The Kier molecular flexibility index (Phi) is 4.55. The lowest BCUT2D eigenvalue weighted by Gasteiger charge is -2.34. The number of aryl methyl sites for hydroxylation is 1. The molecule has 4 heteroatoms. The minimum absolute atomic E-state index is 0.304. The molecule has 0 amide bonds. The summed E-state index contributed by atoms with van der Waals surface area (Å²) in [5.74, 6) is 0.304. The van der Waals surface area contributed by atoms with Crippen LogP contribution in [0.25, 0.3) is 10.9 Å². The number of benzene rings is 1. The number of aliphatic hydroxyl groups excluding tert-OH is 1. The van der Waals surface area contributed by atoms with Crippen molar-refractivity contribution in [2.45, 2.75) is 25.5 Å². The fraction of sp³-hybridized carbons (Fsp3) is 0.381. The van der Waals surface area contributed by atoms with Crippen LogP contribution in [-0.2, 0) is 13.6 Å². The van der Waals surface area contributed by atoms with Gasteiger partial charge < -0.3 is 9.67 Å². The van der Waals surface area contributed by atoms with Gasteiger partial charge in [-0.05, 0) is 55.6 Å². The predicted molar refractivity (Wildman–Crippen MR) is 100 cm³/mol. The van der Waals surface area contributed by atoms with Crippen LogP contribution in [0.15, 0.2) is 54.9 Å². The Labute approximate surface area is 148 Å². The van der Waals surface area contributed by atoms with Gasteiger partial charge in [0.2, 0.25) is 0 Å². The number of piperidine rings is 1. The number of aromatic nitrogens is 2. The molecule has 0 saturated carbocycles. The molecular formula is C21H25N3O. The van der Waals surface area contributed by atoms with Gasteiger partial charge in [-0.25, -0.2) is 0 Å². The molecule has 2 aromatic heterocycles. The average molecular weight is 335 g/mol. The van der Waals surface area contributed by atoms with Crippen LogP contribution in [0.1, 0.15) is 30.2 Å². The summed E-state index contributed by atoms with van der Waals surface area (Å²) in [6.45, 7) is 3.03. The summed E-state index contributed by atoms with van der Waals surface area (Å²) in [4.78, 5) is 6.81. The zero-order valence-corrected chi connectivity index (χ0v) is 14.7. The van der Waals surface area contributed by atoms with Crippen molar-refractivity contribution >= 4 is 10.9 Å². The van der Waals surface area contributed by atoms with Gasteiger partial charge in [-0.15, -0.1) is 0 Å². The first-order valence-corrected chi connectivity index (χ1v) is 9.06. The monoisotopic (exact) mass is 335 g/mol. The molecule has 3 aromatic rings. The molecule has 4 nitrogen and oxygen atoms in total. The smallest absolute Gasteiger partial charge is 0.0988 e. The fourth-order valence-corrected chi connectivity index (χ4v) is 4.01. The average Bonchev–Trinajstić information content (AvgIpc) is 2.98. The number of aliphatic hydroxyl groups is 1. The van der Waals surface area contributed by atoms with Gasteiger partial charge in [0.25, 0.3) is 0 Å². The minimum Gasteiger partial charge on any atom is -0.387 e. The normalized spacial score (nSPS) is 17.8. The van der Waals surface area contributed by atoms with E-state index in [0.717, 1.165) is 38.2 Å². The van der Waals surface area contributed by atoms with E-state index in [-0.39, 0.29) is 0 Å². The molecule has 4 rings (SSSR count). The molecular weight excluding hydrogens is 310 g/mol. The van der Waals surface area contributed by atoms with Gasteiger partial charge in [0.1, 0.15) is 0 Å². The number of likely N-dealkylation sites (tertiary alicyclic amines) is 1. The first-order valence-electron chi connectivity index (χ1n) is 9.06. The van der Waals surface area contributed by atoms with Crippen LogP contribution in [0, 0.1) is 5.92 Å². The fourth-order valence-electron chi connectivity index (χ4n) is 4.01. The summed E-state index contributed by atoms with van der Waals surface area (Å²) in [6, 6.07) is 14.4. The second kappa shape index (κ2) is 6.98. The number of rotatable bonds is 4. The highest BCUT2D eigenvalue weighted by molar-refractivity contribution is 5.83. The summed E-state index contributed by atoms with van der Waals surface area (Å²) in [5, 5.41) is 11.9. The van der Waals surface area contributed by atoms with Gasteiger partial charge in [-0.3, -0.25) is 9.88 Å². The zero-order chi connectivity index (χ0) is 17.2. The predicted octanol–water partition coefficient (Wildman–Crippen LogP) is 3.52. The van der Waals surface area contributed by atoms with Crippen molar-refractivity contribution in [3.63, 3.8) is 0 Å². The molecule has 1 fully saturated rings. The summed E-state index contributed by atoms with van der Waals surface area (Å²) in [5.41, 5.74) is 3.48. The Balaban J connectivity index is 1.40. The number of hydrogen-bond acceptors (Lipinski definition) is 3. The largest absolute Gasteiger partial charge is 0.387 e. The third-order valence-corrected chi connectivity index (χ3v) is 5.44. The summed E-state index contributed by atoms with van der Waals surface area (Å²) >= 11 is 0. The quantitative estimate of drug-likeness (QED) is 0.793. The van der Waals surface area contributed by atoms with Crippen molar-refractivity contribution in [2.24, 2.45) is 13.0 Å². The Bertz CT molecular complexity index is 835. The highest BCUT2D eigenvalue weighted by Gasteiger charge is 2.27. The molecule has 1 N–H and O–H groups in total. The molecule has 0 radical (unpaired) electrons. The Morgan fingerprint density at radius 2 is 1.88 bits per heavy atom. The highest BCUT2D eigenvalue weighted by Crippen LogP contribution is 2.31. The molecule has 1 aromatic carbocycles. The van der Waals surface area contributed by atoms with Gasteiger partial charge in [-0.1, -0.05) is 24.3 Å². The Hall–Kier alpha value is -2.17. The summed E-state index contributed by atoms with van der Waals surface area (Å²) < 4.78 is 2.21. The van der Waals surface area contributed by atoms with E-state index >= 15 is 0 Å². The van der Waals surface area contributed by atoms with E-state index in [1.54, 1.807) is 6.20 Å². The molecule has 1 aliphatic heterocycles. The second-order valence-electron chi connectivity index (χ2n) is 7.10. The van der Waals surface area contributed by atoms with Crippen LogP contribution < -0.4 is 0 Å². The van der Waals surface area contributed by atoms with Crippen molar-refractivity contribution in [3.8, 4) is 0 Å². The van der Waals surface area contributed by atoms with Gasteiger partial charge in [0.15, 0.2) is 0 Å². The first kappa shape index (κ1) is 16.3. The van der Waals surface area contributed by atoms with Crippen LogP contribution >= 0.6 is 0 Å². The van der Waals surface area contributed by atoms with E-state index in [9.17, 15) is 5.11 Å². The van der Waals surface area contributed by atoms with E-state index < -0.39 is 6.10 Å². The standard InChI is InChI=1S/C21H25N3O/c1-23-14-17(18-6-2-3-8-20(18)23)15-24-12-9-16(10-13-24)21(25)19-7-4-5-11-22-19/h2-8,11,14,16,21,25H,9-10,12-13,15H2,1H3/t21-/m1/s1. The van der Waals surface area contributed by atoms with E-state index in [1.165, 1.54) is 16.5 Å². The van der Waals surface area contributed by atoms with Crippen molar-refractivity contribution in [1.29, 1.82) is 0 Å². The summed E-state index contributed by atoms with van der Waals surface area (Å²) in [7, 11) is 2.11. The molecule has 25 heavy (non-hydrogen) atoms. The highest BCUT2D eigenvalue weighted by atomic mass is 16.3. The Morgan fingerprint density at radius 1 is 1.12 bits per heavy atom. The lowest BCUT2D eigenvalue weighted by atomic mass is 9.89. The zero-order valence-electron chi connectivity index (χ0n) is 14.7. The van der Waals surface area contributed by atoms with Crippen LogP contribution in [0.2, 0.25) is 0 Å². The molecule has 0 spiro atoms. The van der Waals surface area contributed by atoms with Crippen LogP contribution in [-0.4, -0.2) is 32.6 Å². The third kappa shape index (κ3) is 3.32. The topological polar surface area (TPSA) is 41.3 Å². The van der Waals surface area contributed by atoms with Crippen molar-refractivity contribution in [3.05, 3.63) is 66.1 Å². The maximum Gasteiger partial charge on any atom is 0.0988 e. The van der Waals surface area contributed by atoms with E-state index in [4.69, 9.17) is 0 Å². The SMILES string of the molecule is Cn1cc(CN2CCC([C@@H](O)c3ccccn3)CC2)c2ccccc21. The second-order valence-corrected chi connectivity index (χ2v) is 7.10. The molecule has 0 unspecified atom stereocenters. The van der Waals surface area contributed by atoms with Crippen LogP contribution in [0.5, 0.6) is 0 Å².